The third-order valence-electron chi connectivity index (χ3n) is 16.8. The first-order valence-corrected chi connectivity index (χ1v) is 26.4. The molecule has 16 nitrogen and oxygen atoms in total. The summed E-state index contributed by atoms with van der Waals surface area (Å²) in [6.07, 6.45) is 17.9. The molecule has 9 rings (SSSR count). The molecule has 0 bridgehead atoms. The number of nitrogens with one attached hydrogen (secondary N) is 5. The van der Waals surface area contributed by atoms with Gasteiger partial charge >= 0.3 is 17.9 Å². The zero-order valence-corrected chi connectivity index (χ0v) is 40.7. The topological polar surface area (TPSA) is 249 Å². The van der Waals surface area contributed by atoms with E-state index in [2.05, 4.69) is 80.1 Å². The number of benzene rings is 1. The fourth-order valence-corrected chi connectivity index (χ4v) is 15.4. The third kappa shape index (κ3) is 9.73. The molecule has 9 N–H and O–H groups in total. The van der Waals surface area contributed by atoms with E-state index in [-0.39, 0.29) is 41.6 Å². The number of hydrogen-bond acceptors (Lipinski definition) is 13. The smallest absolute Gasteiger partial charge is 0.353 e. The Morgan fingerprint density at radius 3 is 2.47 bits per heavy atom. The van der Waals surface area contributed by atoms with Gasteiger partial charge in [-0.25, -0.2) is 9.59 Å². The standard InChI is InChI=1S/C53H68N6O10S/c1-54-30-57-53(68,50(66)67)23-15-39(60)58-38(46(61)59-47(62)48(63)64)29-70-45-44-40-34(10-3-2-6-19-51(45)20-7-8-21-51)28-35(27-31-16-24-55-25-17-31)43(41(40)49(65)69-44)52-22-14-37-36-11-5-4-9-32(36)12-13-33(42(37)52)18-26-56-52/h4-5,9,11-13,16-17,24-25,33-34,37-38,41-42,45,47,54,56-57,62,68H,2-3,6-8,10,14-15,18-23,26-30H2,1H3,(H,58,60)(H,59,61)(H,63,64)(H,66,67). The van der Waals surface area contributed by atoms with Crippen molar-refractivity contribution in [3.63, 3.8) is 0 Å². The molecule has 17 heteroatoms. The van der Waals surface area contributed by atoms with E-state index in [1.54, 1.807) is 7.05 Å². The summed E-state index contributed by atoms with van der Waals surface area (Å²) in [6.45, 7) is 0.744. The highest BCUT2D eigenvalue weighted by atomic mass is 32.2. The van der Waals surface area contributed by atoms with E-state index in [1.165, 1.54) is 34.0 Å². The van der Waals surface area contributed by atoms with Crippen LogP contribution < -0.4 is 26.6 Å². The molecule has 2 saturated carbocycles. The van der Waals surface area contributed by atoms with Gasteiger partial charge in [0.15, 0.2) is 0 Å². The van der Waals surface area contributed by atoms with Crippen molar-refractivity contribution in [3.8, 4) is 0 Å². The van der Waals surface area contributed by atoms with Gasteiger partial charge in [-0.05, 0) is 140 Å². The van der Waals surface area contributed by atoms with Crippen molar-refractivity contribution in [1.29, 1.82) is 0 Å². The van der Waals surface area contributed by atoms with Crippen molar-refractivity contribution in [1.82, 2.24) is 31.6 Å². The average Bonchev–Trinajstić information content (AvgIpc) is 4.05. The lowest BCUT2D eigenvalue weighted by Crippen LogP contribution is -2.59. The van der Waals surface area contributed by atoms with E-state index < -0.39 is 71.3 Å². The number of hydrogen-bond donors (Lipinski definition) is 9. The maximum atomic E-state index is 15.5. The van der Waals surface area contributed by atoms with Crippen LogP contribution in [0.2, 0.25) is 0 Å². The third-order valence-corrected chi connectivity index (χ3v) is 18.4. The number of carbonyl (C=O) groups excluding carboxylic acids is 3. The molecule has 7 aliphatic rings. The van der Waals surface area contributed by atoms with E-state index >= 15 is 4.79 Å². The van der Waals surface area contributed by atoms with E-state index in [0.29, 0.717) is 18.1 Å². The van der Waals surface area contributed by atoms with Gasteiger partial charge in [0, 0.05) is 43.2 Å². The fourth-order valence-electron chi connectivity index (χ4n) is 13.7. The van der Waals surface area contributed by atoms with Crippen LogP contribution in [-0.4, -0.2) is 110 Å². The van der Waals surface area contributed by atoms with Gasteiger partial charge in [-0.3, -0.25) is 24.7 Å². The predicted molar refractivity (Wildman–Crippen MR) is 262 cm³/mol. The summed E-state index contributed by atoms with van der Waals surface area (Å²) >= 11 is 1.42. The van der Waals surface area contributed by atoms with Crippen molar-refractivity contribution in [2.24, 2.45) is 29.1 Å². The number of aliphatic hydroxyl groups excluding tert-OH is 1. The molecule has 10 unspecified atom stereocenters. The number of fused-ring (bicyclic) bond motifs is 2. The second kappa shape index (κ2) is 21.0. The molecule has 70 heavy (non-hydrogen) atoms. The lowest BCUT2D eigenvalue weighted by Gasteiger charge is -2.51. The highest BCUT2D eigenvalue weighted by molar-refractivity contribution is 8.00. The molecule has 2 amide bonds. The second-order valence-corrected chi connectivity index (χ2v) is 21.9. The average molecular weight is 981 g/mol. The zero-order valence-electron chi connectivity index (χ0n) is 39.9. The van der Waals surface area contributed by atoms with Gasteiger partial charge in [0.2, 0.25) is 23.8 Å². The number of aromatic nitrogens is 1. The van der Waals surface area contributed by atoms with Crippen LogP contribution in [0.1, 0.15) is 119 Å². The Morgan fingerprint density at radius 1 is 0.971 bits per heavy atom. The Kier molecular flexibility index (Phi) is 15.0. The van der Waals surface area contributed by atoms with Crippen LogP contribution in [0.15, 0.2) is 77.3 Å². The number of nitrogens with zero attached hydrogens (tertiary/aromatic N) is 1. The predicted octanol–water partition coefficient (Wildman–Crippen LogP) is 4.89. The fraction of sp³-hybridized carbons (Fsp3) is 0.585. The number of carboxylic acids is 2. The first kappa shape index (κ1) is 50.0. The van der Waals surface area contributed by atoms with Gasteiger partial charge in [0.05, 0.1) is 5.25 Å². The Morgan fingerprint density at radius 2 is 1.73 bits per heavy atom. The number of carbonyl (C=O) groups is 5. The van der Waals surface area contributed by atoms with Gasteiger partial charge in [0.1, 0.15) is 17.7 Å². The number of carboxylic acid groups (broad SMARTS) is 2. The molecule has 1 saturated heterocycles. The molecule has 0 radical (unpaired) electrons. The molecule has 2 aliphatic heterocycles. The summed E-state index contributed by atoms with van der Waals surface area (Å²) in [5, 5.41) is 54.1. The number of amides is 2. The number of aliphatic carboxylic acids is 2. The summed E-state index contributed by atoms with van der Waals surface area (Å²) < 4.78 is 6.88. The minimum Gasteiger partial charge on any atom is -0.478 e. The molecule has 2 aromatic rings. The van der Waals surface area contributed by atoms with Gasteiger partial charge in [0.25, 0.3) is 0 Å². The largest absolute Gasteiger partial charge is 0.478 e. The number of pyridine rings is 1. The Bertz CT molecular complexity index is 2420. The van der Waals surface area contributed by atoms with Crippen LogP contribution in [0.5, 0.6) is 0 Å². The summed E-state index contributed by atoms with van der Waals surface area (Å²) in [5.74, 6) is -4.49. The summed E-state index contributed by atoms with van der Waals surface area (Å²) in [6, 6.07) is 11.5. The molecule has 10 atom stereocenters. The highest BCUT2D eigenvalue weighted by Crippen LogP contribution is 2.64. The highest BCUT2D eigenvalue weighted by Gasteiger charge is 2.62. The van der Waals surface area contributed by atoms with Crippen molar-refractivity contribution >= 4 is 47.6 Å². The second-order valence-electron chi connectivity index (χ2n) is 20.8. The van der Waals surface area contributed by atoms with Crippen molar-refractivity contribution < 1.29 is 49.1 Å². The SMILES string of the molecule is CNCNC(O)(CCC(=O)NC(CSC1C2=C3C(CCCCCC14CCCC4)CC(Cc1ccncc1)=C(C14CCC5c6ccccc6C=CC(CCN1)C54)C3C(=O)O2)C(=O)NC(O)C(=O)O)C(=O)O. The Balaban J connectivity index is 1.13. The van der Waals surface area contributed by atoms with Gasteiger partial charge in [-0.1, -0.05) is 74.1 Å². The zero-order chi connectivity index (χ0) is 49.2. The molecular weight excluding hydrogens is 913 g/mol. The monoisotopic (exact) mass is 980 g/mol. The van der Waals surface area contributed by atoms with E-state index in [9.17, 15) is 39.6 Å². The van der Waals surface area contributed by atoms with E-state index in [1.807, 2.05) is 12.4 Å². The number of thioether (sulfide) groups is 1. The van der Waals surface area contributed by atoms with Crippen LogP contribution in [0.25, 0.3) is 6.08 Å². The van der Waals surface area contributed by atoms with Crippen molar-refractivity contribution in [2.45, 2.75) is 137 Å². The van der Waals surface area contributed by atoms with Crippen LogP contribution in [0, 0.1) is 29.1 Å². The Hall–Kier alpha value is -4.91. The maximum absolute atomic E-state index is 15.5. The van der Waals surface area contributed by atoms with Gasteiger partial charge in [-0.15, -0.1) is 11.8 Å². The van der Waals surface area contributed by atoms with Crippen LogP contribution >= 0.6 is 11.8 Å². The lowest BCUT2D eigenvalue weighted by atomic mass is 9.58. The van der Waals surface area contributed by atoms with Crippen LogP contribution in [0.4, 0.5) is 0 Å². The number of esters is 1. The quantitative estimate of drug-likeness (QED) is 0.0582. The summed E-state index contributed by atoms with van der Waals surface area (Å²) in [7, 11) is 1.55. The first-order valence-electron chi connectivity index (χ1n) is 25.3. The summed E-state index contributed by atoms with van der Waals surface area (Å²) in [5.41, 5.74) is 4.02. The maximum Gasteiger partial charge on any atom is 0.353 e. The van der Waals surface area contributed by atoms with E-state index in [4.69, 9.17) is 4.74 Å². The Labute approximate surface area is 413 Å². The summed E-state index contributed by atoms with van der Waals surface area (Å²) in [4.78, 5) is 71.1. The molecule has 376 valence electrons. The number of aliphatic hydroxyl groups is 2. The lowest BCUT2D eigenvalue weighted by molar-refractivity contribution is -0.164. The molecule has 3 heterocycles. The van der Waals surface area contributed by atoms with Gasteiger partial charge < -0.3 is 46.4 Å². The number of allylic oxidation sites excluding steroid dienone is 2. The van der Waals surface area contributed by atoms with E-state index in [0.717, 1.165) is 101 Å². The van der Waals surface area contributed by atoms with Crippen molar-refractivity contribution in [3.05, 3.63) is 94.0 Å². The van der Waals surface area contributed by atoms with Gasteiger partial charge in [-0.2, -0.15) is 0 Å². The minimum absolute atomic E-state index is 0.0171. The van der Waals surface area contributed by atoms with Crippen molar-refractivity contribution in [2.75, 3.05) is 26.0 Å². The minimum atomic E-state index is -2.46. The number of rotatable bonds is 17. The first-order chi connectivity index (χ1) is 33.8. The van der Waals surface area contributed by atoms with Crippen LogP contribution in [-0.2, 0) is 35.1 Å². The normalized spacial score (nSPS) is 29.4. The number of ether oxygens (including phenoxy) is 1. The molecular formula is C53H68N6O10S. The number of piperidine rings is 1. The molecule has 1 spiro atoms. The molecule has 1 aromatic carbocycles. The molecule has 5 aliphatic carbocycles. The molecule has 3 fully saturated rings. The molecule has 1 aromatic heterocycles. The van der Waals surface area contributed by atoms with Crippen LogP contribution in [0.3, 0.4) is 0 Å².